The number of nitrogens with one attached hydrogen (secondary N) is 2. The van der Waals surface area contributed by atoms with Crippen molar-refractivity contribution < 1.29 is 9.53 Å². The lowest BCUT2D eigenvalue weighted by molar-refractivity contribution is -0.123. The molecular formula is C12H18N2O2S. The number of hydrogen-bond acceptors (Lipinski definition) is 4. The summed E-state index contributed by atoms with van der Waals surface area (Å²) in [4.78, 5) is 11.9. The van der Waals surface area contributed by atoms with E-state index in [-0.39, 0.29) is 18.1 Å². The van der Waals surface area contributed by atoms with Crippen molar-refractivity contribution >= 4 is 17.2 Å². The molecule has 1 aromatic rings. The zero-order chi connectivity index (χ0) is 12.3. The fourth-order valence-corrected chi connectivity index (χ4v) is 2.81. The number of ether oxygens (including phenoxy) is 1. The molecule has 0 aromatic carbocycles. The number of methoxy groups -OCH3 is 1. The van der Waals surface area contributed by atoms with Gasteiger partial charge in [-0.15, -0.1) is 0 Å². The molecule has 4 nitrogen and oxygen atoms in total. The van der Waals surface area contributed by atoms with Crippen LogP contribution in [0, 0.1) is 6.92 Å². The summed E-state index contributed by atoms with van der Waals surface area (Å²) in [7, 11) is 1.68. The molecule has 0 aliphatic carbocycles. The third-order valence-corrected chi connectivity index (χ3v) is 4.07. The molecule has 17 heavy (non-hydrogen) atoms. The van der Waals surface area contributed by atoms with Gasteiger partial charge in [-0.2, -0.15) is 11.3 Å². The van der Waals surface area contributed by atoms with Crippen molar-refractivity contribution in [3.05, 3.63) is 21.9 Å². The highest BCUT2D eigenvalue weighted by atomic mass is 32.1. The Morgan fingerprint density at radius 1 is 1.65 bits per heavy atom. The molecule has 0 saturated carbocycles. The Labute approximate surface area is 105 Å². The summed E-state index contributed by atoms with van der Waals surface area (Å²) >= 11 is 1.67. The number of thiophene rings is 1. The predicted octanol–water partition coefficient (Wildman–Crippen LogP) is 1.05. The highest BCUT2D eigenvalue weighted by Crippen LogP contribution is 2.14. The van der Waals surface area contributed by atoms with Gasteiger partial charge in [0.2, 0.25) is 5.91 Å². The minimum Gasteiger partial charge on any atom is -0.380 e. The van der Waals surface area contributed by atoms with E-state index in [1.807, 2.05) is 0 Å². The summed E-state index contributed by atoms with van der Waals surface area (Å²) in [5.74, 6) is 0.0650. The number of rotatable bonds is 4. The summed E-state index contributed by atoms with van der Waals surface area (Å²) in [6.07, 6.45) is 0.916. The highest BCUT2D eigenvalue weighted by Gasteiger charge is 2.28. The van der Waals surface area contributed by atoms with Crippen molar-refractivity contribution in [2.75, 3.05) is 13.7 Å². The van der Waals surface area contributed by atoms with Crippen LogP contribution in [-0.2, 0) is 16.1 Å². The molecule has 1 fully saturated rings. The summed E-state index contributed by atoms with van der Waals surface area (Å²) in [6.45, 7) is 3.43. The topological polar surface area (TPSA) is 50.4 Å². The maximum atomic E-state index is 11.9. The molecule has 2 unspecified atom stereocenters. The minimum absolute atomic E-state index is 0.0650. The van der Waals surface area contributed by atoms with Gasteiger partial charge in [0, 0.05) is 20.2 Å². The molecule has 2 rings (SSSR count). The minimum atomic E-state index is -0.112. The van der Waals surface area contributed by atoms with Crippen molar-refractivity contribution in [1.82, 2.24) is 10.6 Å². The molecule has 1 aromatic heterocycles. The standard InChI is InChI=1S/C12H18N2O2S/c1-8-6-17-7-9(8)4-14-12(15)11-3-10(16-2)5-13-11/h6-7,10-11,13H,3-5H2,1-2H3,(H,14,15). The Hall–Kier alpha value is -0.910. The van der Waals surface area contributed by atoms with E-state index in [0.717, 1.165) is 13.0 Å². The molecule has 2 atom stereocenters. The van der Waals surface area contributed by atoms with Crippen LogP contribution in [0.2, 0.25) is 0 Å². The van der Waals surface area contributed by atoms with Gasteiger partial charge >= 0.3 is 0 Å². The van der Waals surface area contributed by atoms with E-state index in [9.17, 15) is 4.79 Å². The zero-order valence-corrected chi connectivity index (χ0v) is 11.0. The van der Waals surface area contributed by atoms with Gasteiger partial charge < -0.3 is 15.4 Å². The molecule has 1 saturated heterocycles. The maximum Gasteiger partial charge on any atom is 0.237 e. The first kappa shape index (κ1) is 12.5. The molecule has 0 radical (unpaired) electrons. The van der Waals surface area contributed by atoms with Crippen LogP contribution in [0.25, 0.3) is 0 Å². The Kier molecular flexibility index (Phi) is 4.15. The van der Waals surface area contributed by atoms with E-state index in [0.29, 0.717) is 6.54 Å². The van der Waals surface area contributed by atoms with Crippen LogP contribution in [0.15, 0.2) is 10.8 Å². The van der Waals surface area contributed by atoms with E-state index in [2.05, 4.69) is 28.3 Å². The molecular weight excluding hydrogens is 236 g/mol. The fraction of sp³-hybridized carbons (Fsp3) is 0.583. The monoisotopic (exact) mass is 254 g/mol. The van der Waals surface area contributed by atoms with Crippen LogP contribution >= 0.6 is 11.3 Å². The second-order valence-electron chi connectivity index (χ2n) is 4.35. The van der Waals surface area contributed by atoms with Gasteiger partial charge in [-0.1, -0.05) is 0 Å². The lowest BCUT2D eigenvalue weighted by atomic mass is 10.2. The Bertz CT molecular complexity index is 392. The second-order valence-corrected chi connectivity index (χ2v) is 5.10. The SMILES string of the molecule is COC1CNC(C(=O)NCc2cscc2C)C1. The molecule has 2 heterocycles. The van der Waals surface area contributed by atoms with Crippen molar-refractivity contribution in [2.24, 2.45) is 0 Å². The molecule has 1 aliphatic rings. The summed E-state index contributed by atoms with van der Waals surface area (Å²) < 4.78 is 5.22. The van der Waals surface area contributed by atoms with Crippen molar-refractivity contribution in [2.45, 2.75) is 32.0 Å². The number of amides is 1. The summed E-state index contributed by atoms with van der Waals surface area (Å²) in [6, 6.07) is -0.112. The van der Waals surface area contributed by atoms with Crippen molar-refractivity contribution in [3.63, 3.8) is 0 Å². The normalized spacial score (nSPS) is 23.9. The van der Waals surface area contributed by atoms with Crippen LogP contribution < -0.4 is 10.6 Å². The number of carbonyl (C=O) groups excluding carboxylic acids is 1. The highest BCUT2D eigenvalue weighted by molar-refractivity contribution is 7.08. The van der Waals surface area contributed by atoms with E-state index in [4.69, 9.17) is 4.74 Å². The molecule has 0 bridgehead atoms. The molecule has 5 heteroatoms. The van der Waals surface area contributed by atoms with Gasteiger partial charge in [0.15, 0.2) is 0 Å². The smallest absolute Gasteiger partial charge is 0.237 e. The van der Waals surface area contributed by atoms with Gasteiger partial charge in [0.05, 0.1) is 12.1 Å². The fourth-order valence-electron chi connectivity index (χ4n) is 1.96. The van der Waals surface area contributed by atoms with Crippen LogP contribution in [0.3, 0.4) is 0 Å². The van der Waals surface area contributed by atoms with Gasteiger partial charge in [-0.3, -0.25) is 4.79 Å². The van der Waals surface area contributed by atoms with E-state index >= 15 is 0 Å². The average molecular weight is 254 g/mol. The summed E-state index contributed by atoms with van der Waals surface area (Å²) in [5, 5.41) is 10.3. The number of aryl methyl sites for hydroxylation is 1. The van der Waals surface area contributed by atoms with Crippen LogP contribution in [0.1, 0.15) is 17.5 Å². The first-order valence-corrected chi connectivity index (χ1v) is 6.70. The van der Waals surface area contributed by atoms with Gasteiger partial charge in [-0.05, 0) is 35.2 Å². The van der Waals surface area contributed by atoms with Crippen LogP contribution in [-0.4, -0.2) is 31.7 Å². The lowest BCUT2D eigenvalue weighted by Crippen LogP contribution is -2.40. The van der Waals surface area contributed by atoms with Crippen molar-refractivity contribution in [3.8, 4) is 0 Å². The predicted molar refractivity (Wildman–Crippen MR) is 68.1 cm³/mol. The Morgan fingerprint density at radius 3 is 3.06 bits per heavy atom. The van der Waals surface area contributed by atoms with Gasteiger partial charge in [0.1, 0.15) is 0 Å². The third-order valence-electron chi connectivity index (χ3n) is 3.16. The first-order valence-electron chi connectivity index (χ1n) is 5.76. The Balaban J connectivity index is 1.80. The molecule has 0 spiro atoms. The number of hydrogen-bond donors (Lipinski definition) is 2. The largest absolute Gasteiger partial charge is 0.380 e. The lowest BCUT2D eigenvalue weighted by Gasteiger charge is -2.11. The van der Waals surface area contributed by atoms with Crippen LogP contribution in [0.5, 0.6) is 0 Å². The average Bonchev–Trinajstić information content (AvgIpc) is 2.94. The quantitative estimate of drug-likeness (QED) is 0.844. The van der Waals surface area contributed by atoms with E-state index in [1.54, 1.807) is 18.4 Å². The second kappa shape index (κ2) is 5.62. The van der Waals surface area contributed by atoms with Crippen molar-refractivity contribution in [1.29, 1.82) is 0 Å². The maximum absolute atomic E-state index is 11.9. The molecule has 1 aliphatic heterocycles. The summed E-state index contributed by atoms with van der Waals surface area (Å²) in [5.41, 5.74) is 2.44. The number of carbonyl (C=O) groups is 1. The first-order chi connectivity index (χ1) is 8.20. The van der Waals surface area contributed by atoms with Gasteiger partial charge in [-0.25, -0.2) is 0 Å². The zero-order valence-electron chi connectivity index (χ0n) is 10.2. The Morgan fingerprint density at radius 2 is 2.47 bits per heavy atom. The van der Waals surface area contributed by atoms with Crippen LogP contribution in [0.4, 0.5) is 0 Å². The molecule has 2 N–H and O–H groups in total. The molecule has 1 amide bonds. The third kappa shape index (κ3) is 3.06. The van der Waals surface area contributed by atoms with E-state index in [1.165, 1.54) is 11.1 Å². The van der Waals surface area contributed by atoms with E-state index < -0.39 is 0 Å². The molecule has 94 valence electrons. The van der Waals surface area contributed by atoms with Gasteiger partial charge in [0.25, 0.3) is 0 Å².